The molecule has 1 aliphatic rings. The maximum atomic E-state index is 11.5. The molecule has 2 unspecified atom stereocenters. The molecule has 0 amide bonds. The Morgan fingerprint density at radius 1 is 1.57 bits per heavy atom. The normalized spacial score (nSPS) is 35.5. The molecule has 0 spiro atoms. The second kappa shape index (κ2) is 4.60. The van der Waals surface area contributed by atoms with Crippen LogP contribution in [0.25, 0.3) is 0 Å². The molecule has 14 heavy (non-hydrogen) atoms. The number of carbonyl (C=O) groups is 1. The number of rotatable bonds is 1. The van der Waals surface area contributed by atoms with Crippen LogP contribution in [-0.2, 0) is 9.53 Å². The van der Waals surface area contributed by atoms with E-state index in [4.69, 9.17) is 4.74 Å². The lowest BCUT2D eigenvalue weighted by Crippen LogP contribution is -2.30. The first-order valence-corrected chi connectivity index (χ1v) is 5.01. The molecule has 3 heteroatoms. The molecule has 0 fully saturated rings. The van der Waals surface area contributed by atoms with Crippen LogP contribution in [0.3, 0.4) is 0 Å². The summed E-state index contributed by atoms with van der Waals surface area (Å²) in [4.78, 5) is 11.5. The van der Waals surface area contributed by atoms with Crippen molar-refractivity contribution in [2.24, 2.45) is 5.41 Å². The van der Waals surface area contributed by atoms with Crippen molar-refractivity contribution < 1.29 is 14.6 Å². The first-order chi connectivity index (χ1) is 6.58. The van der Waals surface area contributed by atoms with Gasteiger partial charge in [-0.15, -0.1) is 0 Å². The van der Waals surface area contributed by atoms with E-state index in [1.54, 1.807) is 6.08 Å². The summed E-state index contributed by atoms with van der Waals surface area (Å²) in [7, 11) is 1.42. The van der Waals surface area contributed by atoms with Crippen LogP contribution >= 0.6 is 0 Å². The lowest BCUT2D eigenvalue weighted by Gasteiger charge is -2.28. The SMILES string of the molecule is COC(=O)C1(C)CC/C=C\C(O)CC1. The summed E-state index contributed by atoms with van der Waals surface area (Å²) in [6, 6.07) is 0. The average Bonchev–Trinajstić information content (AvgIpc) is 2.18. The second-order valence-electron chi connectivity index (χ2n) is 4.13. The van der Waals surface area contributed by atoms with Gasteiger partial charge in [-0.2, -0.15) is 0 Å². The Bertz CT molecular complexity index is 235. The molecule has 0 heterocycles. The van der Waals surface area contributed by atoms with Crippen LogP contribution in [0.5, 0.6) is 0 Å². The summed E-state index contributed by atoms with van der Waals surface area (Å²) >= 11 is 0. The fourth-order valence-electron chi connectivity index (χ4n) is 1.79. The molecule has 1 rings (SSSR count). The lowest BCUT2D eigenvalue weighted by molar-refractivity contribution is -0.152. The molecule has 0 aromatic carbocycles. The van der Waals surface area contributed by atoms with Gasteiger partial charge in [0.25, 0.3) is 0 Å². The molecule has 80 valence electrons. The van der Waals surface area contributed by atoms with E-state index in [0.717, 1.165) is 12.8 Å². The van der Waals surface area contributed by atoms with Crippen molar-refractivity contribution in [3.8, 4) is 0 Å². The maximum Gasteiger partial charge on any atom is 0.311 e. The van der Waals surface area contributed by atoms with Gasteiger partial charge in [0.1, 0.15) is 0 Å². The van der Waals surface area contributed by atoms with Gasteiger partial charge in [-0.3, -0.25) is 4.79 Å². The highest BCUT2D eigenvalue weighted by Crippen LogP contribution is 2.33. The van der Waals surface area contributed by atoms with E-state index in [1.165, 1.54) is 7.11 Å². The number of ether oxygens (including phenoxy) is 1. The lowest BCUT2D eigenvalue weighted by atomic mass is 9.79. The zero-order chi connectivity index (χ0) is 10.6. The predicted molar refractivity (Wildman–Crippen MR) is 53.7 cm³/mol. The number of allylic oxidation sites excluding steroid dienone is 1. The fourth-order valence-corrected chi connectivity index (χ4v) is 1.79. The molecule has 0 saturated carbocycles. The molecule has 0 aromatic heterocycles. The standard InChI is InChI=1S/C11H18O3/c1-11(10(13)14-2)7-4-3-5-9(12)6-8-11/h3,5,9,12H,4,6-8H2,1-2H3/b5-3-. The number of hydrogen-bond donors (Lipinski definition) is 1. The molecule has 1 aliphatic carbocycles. The molecular weight excluding hydrogens is 180 g/mol. The van der Waals surface area contributed by atoms with Crippen molar-refractivity contribution >= 4 is 5.97 Å². The Morgan fingerprint density at radius 3 is 2.93 bits per heavy atom. The third-order valence-corrected chi connectivity index (χ3v) is 2.89. The molecular formula is C11H18O3. The van der Waals surface area contributed by atoms with Crippen LogP contribution in [0.4, 0.5) is 0 Å². The van der Waals surface area contributed by atoms with Gasteiger partial charge in [-0.05, 0) is 32.6 Å². The predicted octanol–water partition coefficient (Wildman–Crippen LogP) is 1.66. The van der Waals surface area contributed by atoms with Crippen LogP contribution in [0.15, 0.2) is 12.2 Å². The van der Waals surface area contributed by atoms with Crippen molar-refractivity contribution in [2.45, 2.75) is 38.7 Å². The smallest absolute Gasteiger partial charge is 0.311 e. The molecule has 3 nitrogen and oxygen atoms in total. The monoisotopic (exact) mass is 198 g/mol. The quantitative estimate of drug-likeness (QED) is 0.515. The largest absolute Gasteiger partial charge is 0.469 e. The summed E-state index contributed by atoms with van der Waals surface area (Å²) in [6.45, 7) is 1.91. The molecule has 1 N–H and O–H groups in total. The van der Waals surface area contributed by atoms with Gasteiger partial charge in [0, 0.05) is 0 Å². The molecule has 0 radical (unpaired) electrons. The summed E-state index contributed by atoms with van der Waals surface area (Å²) in [5.41, 5.74) is -0.430. The van der Waals surface area contributed by atoms with Gasteiger partial charge in [0.05, 0.1) is 18.6 Å². The Labute approximate surface area is 84.8 Å². The number of methoxy groups -OCH3 is 1. The Morgan fingerprint density at radius 2 is 2.29 bits per heavy atom. The highest BCUT2D eigenvalue weighted by molar-refractivity contribution is 5.76. The van der Waals surface area contributed by atoms with E-state index in [9.17, 15) is 9.90 Å². The molecule has 0 aromatic rings. The van der Waals surface area contributed by atoms with E-state index in [-0.39, 0.29) is 5.97 Å². The summed E-state index contributed by atoms with van der Waals surface area (Å²) in [5.74, 6) is -0.167. The topological polar surface area (TPSA) is 46.5 Å². The number of aliphatic hydroxyl groups is 1. The van der Waals surface area contributed by atoms with Crippen molar-refractivity contribution in [3.05, 3.63) is 12.2 Å². The van der Waals surface area contributed by atoms with Crippen LogP contribution in [0.2, 0.25) is 0 Å². The van der Waals surface area contributed by atoms with Crippen LogP contribution < -0.4 is 0 Å². The highest BCUT2D eigenvalue weighted by Gasteiger charge is 2.34. The summed E-state index contributed by atoms with van der Waals surface area (Å²) < 4.78 is 4.78. The van der Waals surface area contributed by atoms with Crippen LogP contribution in [0.1, 0.15) is 32.6 Å². The van der Waals surface area contributed by atoms with E-state index in [1.807, 2.05) is 13.0 Å². The Hall–Kier alpha value is -0.830. The number of hydrogen-bond acceptors (Lipinski definition) is 3. The van der Waals surface area contributed by atoms with Gasteiger partial charge < -0.3 is 9.84 Å². The fraction of sp³-hybridized carbons (Fsp3) is 0.727. The first kappa shape index (κ1) is 11.2. The minimum absolute atomic E-state index is 0.167. The highest BCUT2D eigenvalue weighted by atomic mass is 16.5. The number of aliphatic hydroxyl groups excluding tert-OH is 1. The Kier molecular flexibility index (Phi) is 3.69. The van der Waals surface area contributed by atoms with Crippen molar-refractivity contribution in [2.75, 3.05) is 7.11 Å². The van der Waals surface area contributed by atoms with Gasteiger partial charge in [-0.25, -0.2) is 0 Å². The summed E-state index contributed by atoms with van der Waals surface area (Å²) in [5, 5.41) is 9.46. The van der Waals surface area contributed by atoms with E-state index >= 15 is 0 Å². The first-order valence-electron chi connectivity index (χ1n) is 5.01. The third kappa shape index (κ3) is 2.58. The Balaban J connectivity index is 2.69. The van der Waals surface area contributed by atoms with Crippen LogP contribution in [0, 0.1) is 5.41 Å². The van der Waals surface area contributed by atoms with Gasteiger partial charge in [-0.1, -0.05) is 12.2 Å². The minimum Gasteiger partial charge on any atom is -0.469 e. The number of esters is 1. The number of carbonyl (C=O) groups excluding carboxylic acids is 1. The van der Waals surface area contributed by atoms with Crippen LogP contribution in [-0.4, -0.2) is 24.3 Å². The van der Waals surface area contributed by atoms with Gasteiger partial charge in [0.15, 0.2) is 0 Å². The van der Waals surface area contributed by atoms with Gasteiger partial charge in [0.2, 0.25) is 0 Å². The zero-order valence-electron chi connectivity index (χ0n) is 8.82. The van der Waals surface area contributed by atoms with Crippen molar-refractivity contribution in [1.82, 2.24) is 0 Å². The summed E-state index contributed by atoms with van der Waals surface area (Å²) in [6.07, 6.45) is 6.25. The zero-order valence-corrected chi connectivity index (χ0v) is 8.82. The van der Waals surface area contributed by atoms with E-state index in [0.29, 0.717) is 12.8 Å². The maximum absolute atomic E-state index is 11.5. The van der Waals surface area contributed by atoms with Crippen molar-refractivity contribution in [3.63, 3.8) is 0 Å². The molecule has 0 saturated heterocycles. The molecule has 0 aliphatic heterocycles. The third-order valence-electron chi connectivity index (χ3n) is 2.89. The second-order valence-corrected chi connectivity index (χ2v) is 4.13. The molecule has 2 atom stereocenters. The van der Waals surface area contributed by atoms with Crippen molar-refractivity contribution in [1.29, 1.82) is 0 Å². The van der Waals surface area contributed by atoms with E-state index in [2.05, 4.69) is 0 Å². The van der Waals surface area contributed by atoms with Gasteiger partial charge >= 0.3 is 5.97 Å². The van der Waals surface area contributed by atoms with E-state index < -0.39 is 11.5 Å². The average molecular weight is 198 g/mol. The minimum atomic E-state index is -0.430. The molecule has 0 bridgehead atoms.